The van der Waals surface area contributed by atoms with Crippen LogP contribution in [0.25, 0.3) is 0 Å². The first-order valence-electron chi connectivity index (χ1n) is 5.08. The Labute approximate surface area is 118 Å². The first-order valence-corrected chi connectivity index (χ1v) is 7.13. The molecule has 0 saturated carbocycles. The second kappa shape index (κ2) is 5.50. The lowest BCUT2D eigenvalue weighted by molar-refractivity contribution is 0.643. The van der Waals surface area contributed by atoms with Crippen molar-refractivity contribution in [2.45, 2.75) is 13.0 Å². The van der Waals surface area contributed by atoms with Crippen LogP contribution in [0.3, 0.4) is 0 Å². The first-order chi connectivity index (χ1) is 8.13. The molecule has 0 fully saturated rings. The molecule has 0 aliphatic rings. The van der Waals surface area contributed by atoms with Crippen molar-refractivity contribution in [1.82, 2.24) is 5.43 Å². The summed E-state index contributed by atoms with van der Waals surface area (Å²) in [6, 6.07) is 7.96. The summed E-state index contributed by atoms with van der Waals surface area (Å²) < 4.78 is 1.06. The summed E-state index contributed by atoms with van der Waals surface area (Å²) in [6.45, 7) is 2.06. The van der Waals surface area contributed by atoms with E-state index in [1.54, 1.807) is 11.3 Å². The largest absolute Gasteiger partial charge is 0.271 e. The predicted molar refractivity (Wildman–Crippen MR) is 77.4 cm³/mol. The van der Waals surface area contributed by atoms with E-state index >= 15 is 0 Å². The Morgan fingerprint density at radius 3 is 2.71 bits per heavy atom. The Hall–Kier alpha value is -0.390. The van der Waals surface area contributed by atoms with Crippen LogP contribution in [0, 0.1) is 6.92 Å². The third-order valence-electron chi connectivity index (χ3n) is 2.62. The summed E-state index contributed by atoms with van der Waals surface area (Å²) >= 11 is 11.2. The fraction of sp³-hybridized carbons (Fsp3) is 0.167. The second-order valence-electron chi connectivity index (χ2n) is 3.73. The Kier molecular flexibility index (Phi) is 4.22. The molecule has 17 heavy (non-hydrogen) atoms. The van der Waals surface area contributed by atoms with Crippen LogP contribution >= 0.6 is 38.9 Å². The van der Waals surface area contributed by atoms with Gasteiger partial charge >= 0.3 is 0 Å². The molecule has 2 aromatic rings. The van der Waals surface area contributed by atoms with E-state index < -0.39 is 0 Å². The number of hydrogen-bond donors (Lipinski definition) is 2. The quantitative estimate of drug-likeness (QED) is 0.658. The fourth-order valence-electron chi connectivity index (χ4n) is 1.78. The number of rotatable bonds is 3. The number of nitrogens with two attached hydrogens (primary N) is 1. The van der Waals surface area contributed by atoms with Crippen molar-refractivity contribution < 1.29 is 0 Å². The van der Waals surface area contributed by atoms with Crippen molar-refractivity contribution in [1.29, 1.82) is 0 Å². The molecule has 0 radical (unpaired) electrons. The van der Waals surface area contributed by atoms with Crippen molar-refractivity contribution >= 4 is 38.9 Å². The molecule has 0 amide bonds. The van der Waals surface area contributed by atoms with Crippen LogP contribution in [-0.4, -0.2) is 0 Å². The minimum Gasteiger partial charge on any atom is -0.271 e. The molecule has 1 atom stereocenters. The Morgan fingerprint density at radius 1 is 1.41 bits per heavy atom. The molecule has 0 aliphatic carbocycles. The van der Waals surface area contributed by atoms with Crippen LogP contribution in [0.5, 0.6) is 0 Å². The Morgan fingerprint density at radius 2 is 2.18 bits per heavy atom. The van der Waals surface area contributed by atoms with Crippen molar-refractivity contribution in [3.63, 3.8) is 0 Å². The van der Waals surface area contributed by atoms with Gasteiger partial charge in [0.1, 0.15) is 0 Å². The minimum absolute atomic E-state index is 0.0596. The summed E-state index contributed by atoms with van der Waals surface area (Å²) in [5.41, 5.74) is 5.14. The molecule has 5 heteroatoms. The van der Waals surface area contributed by atoms with Crippen molar-refractivity contribution in [2.75, 3.05) is 0 Å². The topological polar surface area (TPSA) is 38.0 Å². The van der Waals surface area contributed by atoms with Gasteiger partial charge in [-0.1, -0.05) is 33.6 Å². The van der Waals surface area contributed by atoms with Gasteiger partial charge < -0.3 is 0 Å². The smallest absolute Gasteiger partial charge is 0.0820 e. The van der Waals surface area contributed by atoms with Crippen LogP contribution in [0.4, 0.5) is 0 Å². The van der Waals surface area contributed by atoms with Gasteiger partial charge in [0.2, 0.25) is 0 Å². The van der Waals surface area contributed by atoms with Crippen LogP contribution < -0.4 is 11.3 Å². The van der Waals surface area contributed by atoms with Crippen LogP contribution in [-0.2, 0) is 0 Å². The fourth-order valence-corrected chi connectivity index (χ4v) is 3.50. The van der Waals surface area contributed by atoms with Gasteiger partial charge in [-0.3, -0.25) is 5.84 Å². The number of thiophene rings is 1. The van der Waals surface area contributed by atoms with Gasteiger partial charge in [-0.25, -0.2) is 5.43 Å². The van der Waals surface area contributed by atoms with Crippen molar-refractivity contribution in [2.24, 2.45) is 5.84 Å². The molecular formula is C12H12BrClN2S. The molecule has 1 unspecified atom stereocenters. The molecule has 1 heterocycles. The zero-order chi connectivity index (χ0) is 12.4. The van der Waals surface area contributed by atoms with Gasteiger partial charge in [0, 0.05) is 9.35 Å². The highest BCUT2D eigenvalue weighted by molar-refractivity contribution is 9.10. The van der Waals surface area contributed by atoms with E-state index in [2.05, 4.69) is 40.4 Å². The molecule has 0 spiro atoms. The van der Waals surface area contributed by atoms with Gasteiger partial charge in [0.25, 0.3) is 0 Å². The number of hydrogen-bond acceptors (Lipinski definition) is 3. The zero-order valence-electron chi connectivity index (χ0n) is 9.21. The highest BCUT2D eigenvalue weighted by Gasteiger charge is 2.18. The van der Waals surface area contributed by atoms with Gasteiger partial charge in [0.05, 0.1) is 11.1 Å². The molecule has 0 bridgehead atoms. The van der Waals surface area contributed by atoms with Crippen molar-refractivity contribution in [3.8, 4) is 0 Å². The maximum absolute atomic E-state index is 6.15. The van der Waals surface area contributed by atoms with Gasteiger partial charge in [0.15, 0.2) is 0 Å². The zero-order valence-corrected chi connectivity index (χ0v) is 12.4. The van der Waals surface area contributed by atoms with E-state index in [1.165, 1.54) is 5.56 Å². The number of halogens is 2. The summed E-state index contributed by atoms with van der Waals surface area (Å²) in [4.78, 5) is 1.04. The van der Waals surface area contributed by atoms with Crippen LogP contribution in [0.2, 0.25) is 5.02 Å². The Balaban J connectivity index is 2.46. The van der Waals surface area contributed by atoms with Gasteiger partial charge in [-0.2, -0.15) is 0 Å². The van der Waals surface area contributed by atoms with Gasteiger partial charge in [-0.15, -0.1) is 11.3 Å². The Bertz CT molecular complexity index is 527. The molecule has 0 saturated heterocycles. The summed E-state index contributed by atoms with van der Waals surface area (Å²) in [5.74, 6) is 5.66. The predicted octanol–water partition coefficient (Wildman–Crippen LogP) is 4.03. The molecule has 90 valence electrons. The molecule has 1 aromatic heterocycles. The average molecular weight is 332 g/mol. The molecule has 0 aliphatic heterocycles. The lowest BCUT2D eigenvalue weighted by atomic mass is 10.0. The normalized spacial score (nSPS) is 12.7. The van der Waals surface area contributed by atoms with E-state index in [1.807, 2.05) is 17.5 Å². The highest BCUT2D eigenvalue weighted by atomic mass is 79.9. The molecular weight excluding hydrogens is 320 g/mol. The first kappa shape index (κ1) is 13.1. The van der Waals surface area contributed by atoms with E-state index in [-0.39, 0.29) is 6.04 Å². The lowest BCUT2D eigenvalue weighted by Gasteiger charge is -2.18. The molecule has 2 nitrogen and oxygen atoms in total. The standard InChI is InChI=1S/C12H12BrClN2S/c1-7-6-8(13)2-3-9(7)11(16-15)12-10(14)4-5-17-12/h2-6,11,16H,15H2,1H3. The van der Waals surface area contributed by atoms with Crippen LogP contribution in [0.1, 0.15) is 22.0 Å². The third-order valence-corrected chi connectivity index (χ3v) is 4.53. The third kappa shape index (κ3) is 2.72. The average Bonchev–Trinajstić information content (AvgIpc) is 2.69. The summed E-state index contributed by atoms with van der Waals surface area (Å²) in [7, 11) is 0. The van der Waals surface area contributed by atoms with E-state index in [9.17, 15) is 0 Å². The van der Waals surface area contributed by atoms with Crippen molar-refractivity contribution in [3.05, 3.63) is 55.1 Å². The summed E-state index contributed by atoms with van der Waals surface area (Å²) in [6.07, 6.45) is 0. The molecule has 3 N–H and O–H groups in total. The minimum atomic E-state index is -0.0596. The number of nitrogens with one attached hydrogen (secondary N) is 1. The number of benzene rings is 1. The highest BCUT2D eigenvalue weighted by Crippen LogP contribution is 2.34. The summed E-state index contributed by atoms with van der Waals surface area (Å²) in [5, 5.41) is 2.72. The maximum atomic E-state index is 6.15. The van der Waals surface area contributed by atoms with E-state index in [0.29, 0.717) is 0 Å². The lowest BCUT2D eigenvalue weighted by Crippen LogP contribution is -2.28. The van der Waals surface area contributed by atoms with Crippen LogP contribution in [0.15, 0.2) is 34.1 Å². The maximum Gasteiger partial charge on any atom is 0.0820 e. The number of hydrazine groups is 1. The van der Waals surface area contributed by atoms with E-state index in [4.69, 9.17) is 17.4 Å². The monoisotopic (exact) mass is 330 g/mol. The van der Waals surface area contributed by atoms with Gasteiger partial charge in [-0.05, 0) is 41.6 Å². The second-order valence-corrected chi connectivity index (χ2v) is 6.00. The SMILES string of the molecule is Cc1cc(Br)ccc1C(NN)c1sccc1Cl. The molecule has 2 rings (SSSR count). The van der Waals surface area contributed by atoms with E-state index in [0.717, 1.165) is 19.9 Å². The number of aryl methyl sites for hydroxylation is 1. The molecule has 1 aromatic carbocycles.